The summed E-state index contributed by atoms with van der Waals surface area (Å²) in [4.78, 5) is 51.4. The highest BCUT2D eigenvalue weighted by Crippen LogP contribution is 2.42. The second-order valence-corrected chi connectivity index (χ2v) is 17.1. The van der Waals surface area contributed by atoms with Gasteiger partial charge in [-0.1, -0.05) is 150 Å². The van der Waals surface area contributed by atoms with Crippen LogP contribution in [0.1, 0.15) is 130 Å². The summed E-state index contributed by atoms with van der Waals surface area (Å²) in [6, 6.07) is 15.3. The molecule has 0 saturated carbocycles. The quantitative estimate of drug-likeness (QED) is 0.0613. The van der Waals surface area contributed by atoms with E-state index < -0.39 is 52.5 Å². The Bertz CT molecular complexity index is 1290. The molecule has 292 valence electrons. The molecule has 0 aliphatic carbocycles. The summed E-state index contributed by atoms with van der Waals surface area (Å²) < 4.78 is 21.9. The fourth-order valence-corrected chi connectivity index (χ4v) is 7.41. The summed E-state index contributed by atoms with van der Waals surface area (Å²) in [5.74, 6) is -4.90. The number of aliphatic carboxylic acids is 1. The summed E-state index contributed by atoms with van der Waals surface area (Å²) in [6.07, 6.45) is 18.5. The van der Waals surface area contributed by atoms with Crippen molar-refractivity contribution in [1.82, 2.24) is 0 Å². The lowest BCUT2D eigenvalue weighted by Crippen LogP contribution is -2.47. The Hall–Kier alpha value is -3.41. The molecule has 2 aromatic rings. The van der Waals surface area contributed by atoms with Gasteiger partial charge < -0.3 is 28.6 Å². The Morgan fingerprint density at radius 3 is 1.44 bits per heavy atom. The molecule has 0 amide bonds. The second kappa shape index (κ2) is 26.4. The predicted octanol–water partition coefficient (Wildman–Crippen LogP) is 8.68. The maximum atomic E-state index is 13.5. The number of carboxylic acid groups (broad SMARTS) is 1. The predicted molar refractivity (Wildman–Crippen MR) is 206 cm³/mol. The molecule has 2 N–H and O–H groups in total. The van der Waals surface area contributed by atoms with Gasteiger partial charge in [0.1, 0.15) is 0 Å². The average molecular weight is 747 g/mol. The monoisotopic (exact) mass is 746 g/mol. The molecule has 0 aromatic heterocycles. The van der Waals surface area contributed by atoms with Crippen LogP contribution in [0.2, 0.25) is 0 Å². The van der Waals surface area contributed by atoms with Gasteiger partial charge in [-0.05, 0) is 43.2 Å². The molecule has 0 bridgehead atoms. The molecule has 0 saturated heterocycles. The van der Waals surface area contributed by atoms with Crippen molar-refractivity contribution in [2.45, 2.75) is 128 Å². The number of carboxylic acids is 1. The van der Waals surface area contributed by atoms with Gasteiger partial charge in [0.05, 0.1) is 23.8 Å². The second-order valence-electron chi connectivity index (χ2n) is 13.8. The minimum atomic E-state index is -2.34. The molecule has 10 nitrogen and oxygen atoms in total. The molecule has 0 heterocycles. The maximum absolute atomic E-state index is 13.5. The van der Waals surface area contributed by atoms with Crippen LogP contribution in [0.4, 0.5) is 0 Å². The summed E-state index contributed by atoms with van der Waals surface area (Å²) in [5, 5.41) is 20.6. The molecule has 2 rings (SSSR count). The minimum Gasteiger partial charge on any atom is -0.478 e. The first-order chi connectivity index (χ1) is 25.0. The Morgan fingerprint density at radius 1 is 0.615 bits per heavy atom. The number of aliphatic hydroxyl groups excluding tert-OH is 1. The fraction of sp³-hybridized carbons (Fsp3) is 0.610. The zero-order chi connectivity index (χ0) is 38.0. The molecular formula is C41H62O10S. The zero-order valence-electron chi connectivity index (χ0n) is 31.5. The Kier molecular flexibility index (Phi) is 22.7. The van der Waals surface area contributed by atoms with Crippen molar-refractivity contribution in [2.24, 2.45) is 0 Å². The highest BCUT2D eigenvalue weighted by Gasteiger charge is 2.43. The van der Waals surface area contributed by atoms with Crippen LogP contribution in [0.5, 0.6) is 0 Å². The Morgan fingerprint density at radius 2 is 1.02 bits per heavy atom. The van der Waals surface area contributed by atoms with Crippen LogP contribution in [-0.2, 0) is 28.0 Å². The number of unbranched alkanes of at least 4 members (excludes halogenated alkanes) is 15. The van der Waals surface area contributed by atoms with E-state index >= 15 is 0 Å². The number of benzene rings is 2. The van der Waals surface area contributed by atoms with Crippen molar-refractivity contribution in [3.05, 3.63) is 71.8 Å². The number of carbonyl (C=O) groups excluding carboxylic acids is 3. The standard InChI is InChI=1S/C41H62O10S/c1-4-5-6-7-8-9-10-11-12-13-14-15-16-17-18-25-30-48-31-35(42)32-52(2,3)51-41(47)37(50-40(46)34-28-23-20-24-29-34)36(38(43)44)49-39(45)33-26-21-19-22-27-33/h19-24,26-29,35-37,42H,4-18,25,30-32H2,1-3H3,(H,43,44). The topological polar surface area (TPSA) is 146 Å². The van der Waals surface area contributed by atoms with Gasteiger partial charge in [0.15, 0.2) is 0 Å². The van der Waals surface area contributed by atoms with E-state index in [1.165, 1.54) is 108 Å². The van der Waals surface area contributed by atoms with Gasteiger partial charge in [-0.2, -0.15) is 0 Å². The molecule has 2 aromatic carbocycles. The smallest absolute Gasteiger partial charge is 0.362 e. The van der Waals surface area contributed by atoms with E-state index in [1.807, 2.05) is 0 Å². The number of ether oxygens (including phenoxy) is 3. The molecular weight excluding hydrogens is 685 g/mol. The first-order valence-corrected chi connectivity index (χ1v) is 21.5. The van der Waals surface area contributed by atoms with E-state index in [0.717, 1.165) is 19.3 Å². The molecule has 3 unspecified atom stereocenters. The highest BCUT2D eigenvalue weighted by atomic mass is 32.3. The molecule has 0 spiro atoms. The van der Waals surface area contributed by atoms with Crippen LogP contribution in [-0.4, -0.2) is 83.9 Å². The fourth-order valence-electron chi connectivity index (χ4n) is 5.78. The average Bonchev–Trinajstić information content (AvgIpc) is 3.12. The Labute approximate surface area is 312 Å². The van der Waals surface area contributed by atoms with Crippen molar-refractivity contribution in [3.63, 3.8) is 0 Å². The first kappa shape index (κ1) is 44.7. The lowest BCUT2D eigenvalue weighted by molar-refractivity contribution is -0.164. The van der Waals surface area contributed by atoms with Gasteiger partial charge in [0.25, 0.3) is 0 Å². The minimum absolute atomic E-state index is 0.0403. The van der Waals surface area contributed by atoms with Crippen molar-refractivity contribution >= 4 is 34.2 Å². The molecule has 52 heavy (non-hydrogen) atoms. The normalized spacial score (nSPS) is 13.5. The SMILES string of the molecule is CCCCCCCCCCCCCCCCCCOCC(O)CS(C)(C)OC(=O)C(OC(=O)c1ccccc1)C(OC(=O)c1ccccc1)C(=O)O. The molecule has 0 aliphatic heterocycles. The summed E-state index contributed by atoms with van der Waals surface area (Å²) in [6.45, 7) is 2.81. The summed E-state index contributed by atoms with van der Waals surface area (Å²) in [5.41, 5.74) is 0.103. The number of hydrogen-bond donors (Lipinski definition) is 2. The van der Waals surface area contributed by atoms with Gasteiger partial charge in [-0.3, -0.25) is 0 Å². The number of rotatable bonds is 29. The van der Waals surface area contributed by atoms with Gasteiger partial charge in [0, 0.05) is 12.4 Å². The molecule has 0 aliphatic rings. The van der Waals surface area contributed by atoms with Gasteiger partial charge in [0.2, 0.25) is 12.2 Å². The number of hydrogen-bond acceptors (Lipinski definition) is 9. The number of carbonyl (C=O) groups is 4. The lowest BCUT2D eigenvalue weighted by Gasteiger charge is -2.34. The third-order valence-corrected chi connectivity index (χ3v) is 10.4. The van der Waals surface area contributed by atoms with Crippen LogP contribution in [0.3, 0.4) is 0 Å². The summed E-state index contributed by atoms with van der Waals surface area (Å²) >= 11 is 0. The molecule has 11 heteroatoms. The van der Waals surface area contributed by atoms with Gasteiger partial charge in [-0.25, -0.2) is 19.2 Å². The summed E-state index contributed by atoms with van der Waals surface area (Å²) in [7, 11) is -2.34. The van der Waals surface area contributed by atoms with Crippen LogP contribution < -0.4 is 0 Å². The maximum Gasteiger partial charge on any atom is 0.362 e. The molecule has 0 fully saturated rings. The van der Waals surface area contributed by atoms with Gasteiger partial charge >= 0.3 is 23.9 Å². The van der Waals surface area contributed by atoms with Crippen LogP contribution in [0.15, 0.2) is 60.7 Å². The molecule has 3 atom stereocenters. The van der Waals surface area contributed by atoms with Crippen molar-refractivity contribution in [3.8, 4) is 0 Å². The zero-order valence-corrected chi connectivity index (χ0v) is 32.3. The van der Waals surface area contributed by atoms with Crippen LogP contribution >= 0.6 is 10.3 Å². The van der Waals surface area contributed by atoms with E-state index in [4.69, 9.17) is 18.4 Å². The first-order valence-electron chi connectivity index (χ1n) is 19.0. The van der Waals surface area contributed by atoms with Crippen molar-refractivity contribution in [2.75, 3.05) is 31.5 Å². The van der Waals surface area contributed by atoms with Gasteiger partial charge in [-0.15, -0.1) is 0 Å². The van der Waals surface area contributed by atoms with E-state index in [2.05, 4.69) is 6.92 Å². The van der Waals surface area contributed by atoms with Crippen molar-refractivity contribution in [1.29, 1.82) is 0 Å². The third kappa shape index (κ3) is 19.4. The van der Waals surface area contributed by atoms with Crippen LogP contribution in [0.25, 0.3) is 0 Å². The number of aliphatic hydroxyl groups is 1. The van der Waals surface area contributed by atoms with E-state index in [-0.39, 0.29) is 23.5 Å². The van der Waals surface area contributed by atoms with Crippen molar-refractivity contribution < 1.29 is 47.8 Å². The van der Waals surface area contributed by atoms with E-state index in [9.17, 15) is 29.4 Å². The Balaban J connectivity index is 1.75. The third-order valence-electron chi connectivity index (χ3n) is 8.59. The largest absolute Gasteiger partial charge is 0.478 e. The lowest BCUT2D eigenvalue weighted by atomic mass is 10.0. The van der Waals surface area contributed by atoms with Crippen LogP contribution in [0, 0.1) is 0 Å². The van der Waals surface area contributed by atoms with E-state index in [0.29, 0.717) is 6.61 Å². The highest BCUT2D eigenvalue weighted by molar-refractivity contribution is 8.29. The number of esters is 2. The van der Waals surface area contributed by atoms with E-state index in [1.54, 1.807) is 48.9 Å². The molecule has 0 radical (unpaired) electrons.